The predicted octanol–water partition coefficient (Wildman–Crippen LogP) is 5.04. The van der Waals surface area contributed by atoms with Crippen LogP contribution in [-0.2, 0) is 17.6 Å². The van der Waals surface area contributed by atoms with Crippen LogP contribution in [0.5, 0.6) is 17.2 Å². The van der Waals surface area contributed by atoms with Crippen LogP contribution in [0.4, 0.5) is 0 Å². The van der Waals surface area contributed by atoms with Crippen molar-refractivity contribution in [1.29, 1.82) is 0 Å². The first-order valence-corrected chi connectivity index (χ1v) is 13.0. The predicted molar refractivity (Wildman–Crippen MR) is 138 cm³/mol. The molecule has 3 aliphatic rings. The molecule has 3 aromatic rings. The average Bonchev–Trinajstić information content (AvgIpc) is 3.31. The largest absolute Gasteiger partial charge is 0.495 e. The van der Waals surface area contributed by atoms with E-state index in [9.17, 15) is 4.79 Å². The molecule has 1 aliphatic carbocycles. The third-order valence-corrected chi connectivity index (χ3v) is 8.20. The lowest BCUT2D eigenvalue weighted by Gasteiger charge is -2.56. The van der Waals surface area contributed by atoms with E-state index in [1.165, 1.54) is 17.5 Å². The van der Waals surface area contributed by atoms with Crippen molar-refractivity contribution in [3.05, 3.63) is 83.7 Å². The number of carbonyl (C=O) groups excluding carboxylic acids is 1. The van der Waals surface area contributed by atoms with Crippen molar-refractivity contribution in [2.45, 2.75) is 38.1 Å². The Morgan fingerprint density at radius 3 is 2.50 bits per heavy atom. The zero-order valence-electron chi connectivity index (χ0n) is 20.9. The van der Waals surface area contributed by atoms with Gasteiger partial charge in [-0.1, -0.05) is 24.3 Å². The maximum absolute atomic E-state index is 12.8. The Balaban J connectivity index is 1.01. The van der Waals surface area contributed by atoms with E-state index in [1.54, 1.807) is 13.3 Å². The van der Waals surface area contributed by atoms with Crippen molar-refractivity contribution in [1.82, 2.24) is 14.8 Å². The normalized spacial score (nSPS) is 20.6. The molecule has 3 heterocycles. The third-order valence-electron chi connectivity index (χ3n) is 8.20. The number of benzene rings is 2. The molecule has 1 amide bonds. The second-order valence-electron chi connectivity index (χ2n) is 10.5. The molecule has 186 valence electrons. The van der Waals surface area contributed by atoms with E-state index in [0.717, 1.165) is 62.6 Å². The van der Waals surface area contributed by atoms with Gasteiger partial charge >= 0.3 is 0 Å². The Labute approximate surface area is 212 Å². The quantitative estimate of drug-likeness (QED) is 0.492. The lowest BCUT2D eigenvalue weighted by Crippen LogP contribution is -2.61. The number of pyridine rings is 1. The van der Waals surface area contributed by atoms with Gasteiger partial charge < -0.3 is 14.4 Å². The minimum absolute atomic E-state index is 0.178. The molecule has 6 rings (SSSR count). The van der Waals surface area contributed by atoms with Gasteiger partial charge in [-0.2, -0.15) is 0 Å². The minimum Gasteiger partial charge on any atom is -0.495 e. The summed E-state index contributed by atoms with van der Waals surface area (Å²) in [5.74, 6) is 2.69. The molecule has 2 saturated heterocycles. The number of likely N-dealkylation sites (tertiary alicyclic amines) is 2. The van der Waals surface area contributed by atoms with Gasteiger partial charge in [0.1, 0.15) is 17.2 Å². The summed E-state index contributed by atoms with van der Waals surface area (Å²) in [6.07, 6.45) is 6.51. The molecule has 0 saturated carbocycles. The standard InChI is InChI=1S/C30H33N3O3/c1-35-26-9-8-23(31-19-26)18-29(34)32-15-13-30(14-16-32)20-33(21-30)28-12-7-22-17-25(10-11-27(22)28)36-24-5-3-2-4-6-24/h2-6,8-11,17,19,28H,7,12-16,18,20-21H2,1H3. The molecule has 0 N–H and O–H groups in total. The van der Waals surface area contributed by atoms with Crippen LogP contribution in [0.3, 0.4) is 0 Å². The maximum atomic E-state index is 12.8. The molecule has 6 heteroatoms. The van der Waals surface area contributed by atoms with Crippen LogP contribution in [-0.4, -0.2) is 54.0 Å². The summed E-state index contributed by atoms with van der Waals surface area (Å²) in [6, 6.07) is 20.8. The second kappa shape index (κ2) is 9.58. The lowest BCUT2D eigenvalue weighted by molar-refractivity contribution is -0.136. The van der Waals surface area contributed by atoms with Gasteiger partial charge in [0.25, 0.3) is 0 Å². The number of fused-ring (bicyclic) bond motifs is 1. The van der Waals surface area contributed by atoms with Crippen LogP contribution < -0.4 is 9.47 Å². The fraction of sp³-hybridized carbons (Fsp3) is 0.400. The van der Waals surface area contributed by atoms with Crippen LogP contribution >= 0.6 is 0 Å². The zero-order chi connectivity index (χ0) is 24.5. The molecule has 2 fully saturated rings. The number of carbonyl (C=O) groups is 1. The number of methoxy groups -OCH3 is 1. The number of amides is 1. The SMILES string of the molecule is COc1ccc(CC(=O)N2CCC3(CC2)CN(C2CCc4cc(Oc5ccccc5)ccc42)C3)nc1. The first-order valence-electron chi connectivity index (χ1n) is 13.0. The van der Waals surface area contributed by atoms with E-state index in [2.05, 4.69) is 28.1 Å². The summed E-state index contributed by atoms with van der Waals surface area (Å²) >= 11 is 0. The molecule has 36 heavy (non-hydrogen) atoms. The van der Waals surface area contributed by atoms with Gasteiger partial charge in [-0.3, -0.25) is 14.7 Å². The van der Waals surface area contributed by atoms with Crippen LogP contribution in [0, 0.1) is 5.41 Å². The number of piperidine rings is 1. The van der Waals surface area contributed by atoms with Crippen molar-refractivity contribution >= 4 is 5.91 Å². The topological polar surface area (TPSA) is 54.9 Å². The molecular weight excluding hydrogens is 450 g/mol. The Bertz CT molecular complexity index is 1210. The fourth-order valence-corrected chi connectivity index (χ4v) is 6.12. The average molecular weight is 484 g/mol. The molecule has 1 aromatic heterocycles. The molecule has 6 nitrogen and oxygen atoms in total. The van der Waals surface area contributed by atoms with E-state index < -0.39 is 0 Å². The number of aryl methyl sites for hydroxylation is 1. The van der Waals surface area contributed by atoms with Crippen molar-refractivity contribution in [3.8, 4) is 17.2 Å². The molecule has 0 bridgehead atoms. The van der Waals surface area contributed by atoms with Crippen LogP contribution in [0.1, 0.15) is 42.1 Å². The Kier molecular flexibility index (Phi) is 6.13. The maximum Gasteiger partial charge on any atom is 0.228 e. The Morgan fingerprint density at radius 2 is 1.78 bits per heavy atom. The highest BCUT2D eigenvalue weighted by molar-refractivity contribution is 5.78. The Morgan fingerprint density at radius 1 is 1.00 bits per heavy atom. The van der Waals surface area contributed by atoms with Crippen LogP contribution in [0.2, 0.25) is 0 Å². The number of nitrogens with zero attached hydrogens (tertiary/aromatic N) is 3. The van der Waals surface area contributed by atoms with Gasteiger partial charge in [0.05, 0.1) is 19.7 Å². The van der Waals surface area contributed by atoms with Gasteiger partial charge in [0.2, 0.25) is 5.91 Å². The van der Waals surface area contributed by atoms with Gasteiger partial charge in [-0.25, -0.2) is 0 Å². The third kappa shape index (κ3) is 4.58. The zero-order valence-corrected chi connectivity index (χ0v) is 20.9. The van der Waals surface area contributed by atoms with Crippen molar-refractivity contribution in [2.24, 2.45) is 5.41 Å². The second-order valence-corrected chi connectivity index (χ2v) is 10.5. The van der Waals surface area contributed by atoms with E-state index in [4.69, 9.17) is 9.47 Å². The number of hydrogen-bond acceptors (Lipinski definition) is 5. The number of hydrogen-bond donors (Lipinski definition) is 0. The fourth-order valence-electron chi connectivity index (χ4n) is 6.12. The molecule has 0 radical (unpaired) electrons. The molecule has 2 aromatic carbocycles. The summed E-state index contributed by atoms with van der Waals surface area (Å²) in [5, 5.41) is 0. The molecular formula is C30H33N3O3. The molecule has 1 spiro atoms. The van der Waals surface area contributed by atoms with E-state index >= 15 is 0 Å². The molecule has 1 atom stereocenters. The summed E-state index contributed by atoms with van der Waals surface area (Å²) < 4.78 is 11.2. The van der Waals surface area contributed by atoms with Gasteiger partial charge in [-0.05, 0) is 78.6 Å². The smallest absolute Gasteiger partial charge is 0.228 e. The lowest BCUT2D eigenvalue weighted by atomic mass is 9.71. The molecule has 1 unspecified atom stereocenters. The number of rotatable bonds is 6. The monoisotopic (exact) mass is 483 g/mol. The molecule has 2 aliphatic heterocycles. The summed E-state index contributed by atoms with van der Waals surface area (Å²) in [7, 11) is 1.62. The summed E-state index contributed by atoms with van der Waals surface area (Å²) in [4.78, 5) is 21.9. The van der Waals surface area contributed by atoms with Gasteiger partial charge in [-0.15, -0.1) is 0 Å². The first kappa shape index (κ1) is 23.0. The first-order chi connectivity index (χ1) is 17.6. The number of aromatic nitrogens is 1. The van der Waals surface area contributed by atoms with E-state index in [0.29, 0.717) is 23.6 Å². The highest BCUT2D eigenvalue weighted by Gasteiger charge is 2.48. The van der Waals surface area contributed by atoms with Crippen LogP contribution in [0.25, 0.3) is 0 Å². The summed E-state index contributed by atoms with van der Waals surface area (Å²) in [5.41, 5.74) is 4.05. The Hall–Kier alpha value is -3.38. The highest BCUT2D eigenvalue weighted by Crippen LogP contribution is 2.48. The van der Waals surface area contributed by atoms with Crippen molar-refractivity contribution < 1.29 is 14.3 Å². The van der Waals surface area contributed by atoms with Gasteiger partial charge in [0.15, 0.2) is 0 Å². The van der Waals surface area contributed by atoms with Crippen molar-refractivity contribution in [2.75, 3.05) is 33.3 Å². The van der Waals surface area contributed by atoms with E-state index in [-0.39, 0.29) is 5.91 Å². The number of ether oxygens (including phenoxy) is 2. The minimum atomic E-state index is 0.178. The van der Waals surface area contributed by atoms with Crippen LogP contribution in [0.15, 0.2) is 66.9 Å². The van der Waals surface area contributed by atoms with Gasteiger partial charge in [0, 0.05) is 37.9 Å². The number of para-hydroxylation sites is 1. The van der Waals surface area contributed by atoms with Crippen molar-refractivity contribution in [3.63, 3.8) is 0 Å². The van der Waals surface area contributed by atoms with E-state index in [1.807, 2.05) is 47.4 Å². The summed E-state index contributed by atoms with van der Waals surface area (Å²) in [6.45, 7) is 3.98. The highest BCUT2D eigenvalue weighted by atomic mass is 16.5.